The lowest BCUT2D eigenvalue weighted by Gasteiger charge is -2.20. The first-order valence-corrected chi connectivity index (χ1v) is 9.30. The fraction of sp³-hybridized carbons (Fsp3) is 0.261. The maximum atomic E-state index is 10.7. The highest BCUT2D eigenvalue weighted by atomic mass is 16.5. The third kappa shape index (κ3) is 4.18. The second-order valence-corrected chi connectivity index (χ2v) is 7.10. The first-order chi connectivity index (χ1) is 13.2. The minimum atomic E-state index is -0.683. The molecule has 0 amide bonds. The number of fused-ring (bicyclic) bond motifs is 1. The van der Waals surface area contributed by atoms with Crippen LogP contribution in [0.25, 0.3) is 0 Å². The molecule has 4 heteroatoms. The predicted octanol–water partition coefficient (Wildman–Crippen LogP) is 3.87. The molecule has 0 radical (unpaired) electrons. The number of aryl methyl sites for hydroxylation is 1. The minimum Gasteiger partial charge on any atom is -0.492 e. The number of hydrogen-bond acceptors (Lipinski definition) is 4. The molecule has 0 bridgehead atoms. The molecule has 1 atom stereocenters. The number of benzene rings is 2. The molecule has 0 fully saturated rings. The quantitative estimate of drug-likeness (QED) is 0.767. The molecule has 1 aliphatic heterocycles. The number of rotatable bonds is 4. The Balaban J connectivity index is 1.56. The van der Waals surface area contributed by atoms with E-state index in [1.54, 1.807) is 12.4 Å². The average Bonchev–Trinajstić information content (AvgIpc) is 2.89. The van der Waals surface area contributed by atoms with Crippen molar-refractivity contribution in [2.45, 2.75) is 26.1 Å². The van der Waals surface area contributed by atoms with Crippen LogP contribution in [0.15, 0.2) is 67.0 Å². The van der Waals surface area contributed by atoms with Crippen LogP contribution in [-0.2, 0) is 13.1 Å². The van der Waals surface area contributed by atoms with Gasteiger partial charge in [-0.2, -0.15) is 0 Å². The first kappa shape index (κ1) is 17.7. The summed E-state index contributed by atoms with van der Waals surface area (Å²) in [5.74, 6) is 0.906. The van der Waals surface area contributed by atoms with Gasteiger partial charge in [0.25, 0.3) is 0 Å². The van der Waals surface area contributed by atoms with Crippen LogP contribution < -0.4 is 4.74 Å². The van der Waals surface area contributed by atoms with E-state index in [0.717, 1.165) is 42.1 Å². The molecule has 3 aromatic rings. The number of ether oxygens (including phenoxy) is 1. The van der Waals surface area contributed by atoms with Gasteiger partial charge in [-0.3, -0.25) is 9.88 Å². The number of pyridine rings is 1. The molecular formula is C23H24N2O2. The average molecular weight is 360 g/mol. The molecule has 2 heterocycles. The van der Waals surface area contributed by atoms with Crippen molar-refractivity contribution in [1.29, 1.82) is 0 Å². The molecule has 1 aliphatic rings. The molecule has 0 saturated heterocycles. The third-order valence-corrected chi connectivity index (χ3v) is 4.95. The summed E-state index contributed by atoms with van der Waals surface area (Å²) in [6.07, 6.45) is 2.73. The Bertz CT molecular complexity index is 911. The zero-order valence-corrected chi connectivity index (χ0v) is 15.5. The molecular weight excluding hydrogens is 336 g/mol. The number of hydrogen-bond donors (Lipinski definition) is 1. The zero-order valence-electron chi connectivity index (χ0n) is 15.5. The summed E-state index contributed by atoms with van der Waals surface area (Å²) in [5.41, 5.74) is 5.36. The van der Waals surface area contributed by atoms with Crippen LogP contribution in [0.4, 0.5) is 0 Å². The van der Waals surface area contributed by atoms with Crippen LogP contribution in [0.2, 0.25) is 0 Å². The van der Waals surface area contributed by atoms with Crippen LogP contribution in [0, 0.1) is 6.92 Å². The maximum Gasteiger partial charge on any atom is 0.123 e. The van der Waals surface area contributed by atoms with Crippen LogP contribution in [0.3, 0.4) is 0 Å². The summed E-state index contributed by atoms with van der Waals surface area (Å²) in [6.45, 7) is 5.36. The Morgan fingerprint density at radius 1 is 1.11 bits per heavy atom. The largest absolute Gasteiger partial charge is 0.492 e. The van der Waals surface area contributed by atoms with Crippen molar-refractivity contribution in [2.75, 3.05) is 13.2 Å². The molecule has 0 spiro atoms. The highest BCUT2D eigenvalue weighted by molar-refractivity contribution is 5.41. The molecule has 4 rings (SSSR count). The second kappa shape index (κ2) is 7.91. The highest BCUT2D eigenvalue weighted by Crippen LogP contribution is 2.29. The zero-order chi connectivity index (χ0) is 18.6. The Morgan fingerprint density at radius 3 is 2.85 bits per heavy atom. The van der Waals surface area contributed by atoms with E-state index in [2.05, 4.69) is 47.1 Å². The maximum absolute atomic E-state index is 10.7. The molecule has 27 heavy (non-hydrogen) atoms. The van der Waals surface area contributed by atoms with Crippen molar-refractivity contribution in [3.05, 3.63) is 94.8 Å². The molecule has 0 saturated carbocycles. The lowest BCUT2D eigenvalue weighted by atomic mass is 10.00. The Morgan fingerprint density at radius 2 is 2.04 bits per heavy atom. The van der Waals surface area contributed by atoms with Gasteiger partial charge in [-0.1, -0.05) is 42.0 Å². The second-order valence-electron chi connectivity index (χ2n) is 7.10. The topological polar surface area (TPSA) is 45.6 Å². The molecule has 2 aromatic carbocycles. The smallest absolute Gasteiger partial charge is 0.123 e. The highest BCUT2D eigenvalue weighted by Gasteiger charge is 2.18. The van der Waals surface area contributed by atoms with Crippen LogP contribution >= 0.6 is 0 Å². The van der Waals surface area contributed by atoms with E-state index >= 15 is 0 Å². The van der Waals surface area contributed by atoms with Gasteiger partial charge in [0, 0.05) is 43.2 Å². The fourth-order valence-corrected chi connectivity index (χ4v) is 3.57. The van der Waals surface area contributed by atoms with E-state index in [4.69, 9.17) is 4.74 Å². The van der Waals surface area contributed by atoms with Crippen molar-refractivity contribution in [2.24, 2.45) is 0 Å². The van der Waals surface area contributed by atoms with Gasteiger partial charge in [0.2, 0.25) is 0 Å². The van der Waals surface area contributed by atoms with Crippen LogP contribution in [0.1, 0.15) is 33.9 Å². The number of aliphatic hydroxyl groups is 1. The third-order valence-electron chi connectivity index (χ3n) is 4.95. The summed E-state index contributed by atoms with van der Waals surface area (Å²) in [6, 6.07) is 18.3. The van der Waals surface area contributed by atoms with Gasteiger partial charge in [-0.25, -0.2) is 0 Å². The number of aliphatic hydroxyl groups excluding tert-OH is 1. The fourth-order valence-electron chi connectivity index (χ4n) is 3.57. The van der Waals surface area contributed by atoms with Gasteiger partial charge in [0.05, 0.1) is 0 Å². The molecule has 0 unspecified atom stereocenters. The monoisotopic (exact) mass is 360 g/mol. The van der Waals surface area contributed by atoms with E-state index in [1.165, 1.54) is 11.1 Å². The summed E-state index contributed by atoms with van der Waals surface area (Å²) in [4.78, 5) is 6.50. The Kier molecular flexibility index (Phi) is 5.19. The van der Waals surface area contributed by atoms with Gasteiger partial charge in [0.15, 0.2) is 0 Å². The van der Waals surface area contributed by atoms with Gasteiger partial charge in [-0.05, 0) is 36.2 Å². The van der Waals surface area contributed by atoms with Crippen LogP contribution in [0.5, 0.6) is 5.75 Å². The van der Waals surface area contributed by atoms with Crippen molar-refractivity contribution >= 4 is 0 Å². The SMILES string of the molecule is Cc1cccc(CN2CCOc3ccc([C@@H](O)c4cccnc4)cc3C2)c1. The van der Waals surface area contributed by atoms with Gasteiger partial charge >= 0.3 is 0 Å². The van der Waals surface area contributed by atoms with Gasteiger partial charge in [-0.15, -0.1) is 0 Å². The van der Waals surface area contributed by atoms with Crippen molar-refractivity contribution in [1.82, 2.24) is 9.88 Å². The molecule has 4 nitrogen and oxygen atoms in total. The van der Waals surface area contributed by atoms with Crippen molar-refractivity contribution in [3.8, 4) is 5.75 Å². The lowest BCUT2D eigenvalue weighted by molar-refractivity contribution is 0.218. The Labute approximate surface area is 160 Å². The summed E-state index contributed by atoms with van der Waals surface area (Å²) < 4.78 is 5.94. The standard InChI is InChI=1S/C23H24N2O2/c1-17-4-2-5-18(12-17)15-25-10-11-27-22-8-7-19(13-21(22)16-25)23(26)20-6-3-9-24-14-20/h2-9,12-14,23,26H,10-11,15-16H2,1H3/t23-/m1/s1. The van der Waals surface area contributed by atoms with E-state index in [9.17, 15) is 5.11 Å². The predicted molar refractivity (Wildman–Crippen MR) is 106 cm³/mol. The number of nitrogens with zero attached hydrogens (tertiary/aromatic N) is 2. The van der Waals surface area contributed by atoms with E-state index < -0.39 is 6.10 Å². The molecule has 138 valence electrons. The van der Waals surface area contributed by atoms with Crippen LogP contribution in [-0.4, -0.2) is 28.1 Å². The molecule has 1 N–H and O–H groups in total. The lowest BCUT2D eigenvalue weighted by Crippen LogP contribution is -2.25. The van der Waals surface area contributed by atoms with Crippen molar-refractivity contribution in [3.63, 3.8) is 0 Å². The molecule has 1 aromatic heterocycles. The minimum absolute atomic E-state index is 0.670. The first-order valence-electron chi connectivity index (χ1n) is 9.30. The Hall–Kier alpha value is -2.69. The van der Waals surface area contributed by atoms with E-state index in [1.807, 2.05) is 24.3 Å². The van der Waals surface area contributed by atoms with Crippen molar-refractivity contribution < 1.29 is 9.84 Å². The number of aromatic nitrogens is 1. The summed E-state index contributed by atoms with van der Waals surface area (Å²) >= 11 is 0. The molecule has 0 aliphatic carbocycles. The summed E-state index contributed by atoms with van der Waals surface area (Å²) in [7, 11) is 0. The van der Waals surface area contributed by atoms with E-state index in [-0.39, 0.29) is 0 Å². The van der Waals surface area contributed by atoms with E-state index in [0.29, 0.717) is 6.61 Å². The van der Waals surface area contributed by atoms with Gasteiger partial charge < -0.3 is 9.84 Å². The van der Waals surface area contributed by atoms with Gasteiger partial charge in [0.1, 0.15) is 18.5 Å². The summed E-state index contributed by atoms with van der Waals surface area (Å²) in [5, 5.41) is 10.7. The normalized spacial score (nSPS) is 15.5.